The molecule has 2 aliphatic heterocycles. The van der Waals surface area contributed by atoms with Crippen LogP contribution in [-0.2, 0) is 27.1 Å². The van der Waals surface area contributed by atoms with Crippen molar-refractivity contribution in [1.29, 1.82) is 0 Å². The molecule has 36 heavy (non-hydrogen) atoms. The van der Waals surface area contributed by atoms with Gasteiger partial charge in [-0.1, -0.05) is 30.3 Å². The number of nitrogens with one attached hydrogen (secondary N) is 1. The van der Waals surface area contributed by atoms with Crippen molar-refractivity contribution < 1.29 is 22.7 Å². The van der Waals surface area contributed by atoms with Gasteiger partial charge in [0.15, 0.2) is 0 Å². The van der Waals surface area contributed by atoms with Gasteiger partial charge in [0.2, 0.25) is 15.9 Å². The molecule has 0 bridgehead atoms. The zero-order valence-corrected chi connectivity index (χ0v) is 21.9. The van der Waals surface area contributed by atoms with Gasteiger partial charge in [0.25, 0.3) is 0 Å². The monoisotopic (exact) mass is 516 g/mol. The van der Waals surface area contributed by atoms with Crippen LogP contribution in [0.4, 0.5) is 0 Å². The Morgan fingerprint density at radius 3 is 2.25 bits per heavy atom. The highest BCUT2D eigenvalue weighted by atomic mass is 32.2. The maximum Gasteiger partial charge on any atom is 0.236 e. The highest BCUT2D eigenvalue weighted by Gasteiger charge is 2.32. The van der Waals surface area contributed by atoms with Crippen molar-refractivity contribution in [1.82, 2.24) is 19.4 Å². The lowest BCUT2D eigenvalue weighted by Crippen LogP contribution is -2.51. The van der Waals surface area contributed by atoms with E-state index in [0.717, 1.165) is 42.3 Å². The quantitative estimate of drug-likeness (QED) is 0.512. The van der Waals surface area contributed by atoms with E-state index in [1.807, 2.05) is 53.4 Å². The SMILES string of the molecule is COc1cc(CN2CCN(C(=O)CN[C@H]3CCN(S(=O)(=O)Cc4ccccc4)C3)CC2)cc(OC)c1. The van der Waals surface area contributed by atoms with Crippen LogP contribution >= 0.6 is 0 Å². The molecule has 0 aliphatic carbocycles. The molecule has 2 heterocycles. The molecule has 2 saturated heterocycles. The predicted octanol–water partition coefficient (Wildman–Crippen LogP) is 1.54. The van der Waals surface area contributed by atoms with Gasteiger partial charge in [-0.05, 0) is 29.7 Å². The van der Waals surface area contributed by atoms with Crippen molar-refractivity contribution in [2.45, 2.75) is 24.8 Å². The minimum atomic E-state index is -3.37. The van der Waals surface area contributed by atoms with Crippen LogP contribution < -0.4 is 14.8 Å². The van der Waals surface area contributed by atoms with Crippen LogP contribution in [0.25, 0.3) is 0 Å². The maximum absolute atomic E-state index is 12.8. The third-order valence-corrected chi connectivity index (χ3v) is 8.64. The second-order valence-corrected chi connectivity index (χ2v) is 11.3. The average molecular weight is 517 g/mol. The Morgan fingerprint density at radius 1 is 0.944 bits per heavy atom. The van der Waals surface area contributed by atoms with Crippen molar-refractivity contribution in [2.24, 2.45) is 0 Å². The average Bonchev–Trinajstić information content (AvgIpc) is 3.38. The van der Waals surface area contributed by atoms with Crippen molar-refractivity contribution in [2.75, 3.05) is 60.0 Å². The molecule has 4 rings (SSSR count). The first kappa shape index (κ1) is 26.4. The van der Waals surface area contributed by atoms with Crippen LogP contribution in [0.2, 0.25) is 0 Å². The van der Waals surface area contributed by atoms with Crippen molar-refractivity contribution in [3.63, 3.8) is 0 Å². The second kappa shape index (κ2) is 12.1. The zero-order chi connectivity index (χ0) is 25.5. The van der Waals surface area contributed by atoms with E-state index >= 15 is 0 Å². The molecular weight excluding hydrogens is 480 g/mol. The summed E-state index contributed by atoms with van der Waals surface area (Å²) >= 11 is 0. The smallest absolute Gasteiger partial charge is 0.236 e. The van der Waals surface area contributed by atoms with Gasteiger partial charge in [0, 0.05) is 57.9 Å². The molecule has 9 nitrogen and oxygen atoms in total. The molecule has 2 aromatic rings. The van der Waals surface area contributed by atoms with Gasteiger partial charge >= 0.3 is 0 Å². The van der Waals surface area contributed by atoms with E-state index < -0.39 is 10.0 Å². The summed E-state index contributed by atoms with van der Waals surface area (Å²) in [5.41, 5.74) is 1.90. The third-order valence-electron chi connectivity index (χ3n) is 6.82. The van der Waals surface area contributed by atoms with E-state index in [9.17, 15) is 13.2 Å². The molecule has 0 unspecified atom stereocenters. The van der Waals surface area contributed by atoms with E-state index in [2.05, 4.69) is 10.2 Å². The molecule has 1 amide bonds. The summed E-state index contributed by atoms with van der Waals surface area (Å²) in [5.74, 6) is 1.60. The second-order valence-electron chi connectivity index (χ2n) is 9.34. The molecule has 0 spiro atoms. The van der Waals surface area contributed by atoms with Gasteiger partial charge in [-0.3, -0.25) is 9.69 Å². The number of carbonyl (C=O) groups is 1. The fraction of sp³-hybridized carbons (Fsp3) is 0.500. The van der Waals surface area contributed by atoms with Gasteiger partial charge in [0.1, 0.15) is 11.5 Å². The number of benzene rings is 2. The first-order chi connectivity index (χ1) is 17.4. The number of methoxy groups -OCH3 is 2. The zero-order valence-electron chi connectivity index (χ0n) is 21.1. The van der Waals surface area contributed by atoms with Crippen molar-refractivity contribution >= 4 is 15.9 Å². The van der Waals surface area contributed by atoms with Gasteiger partial charge < -0.3 is 19.7 Å². The summed E-state index contributed by atoms with van der Waals surface area (Å²) in [5, 5.41) is 3.28. The lowest BCUT2D eigenvalue weighted by molar-refractivity contribution is -0.132. The summed E-state index contributed by atoms with van der Waals surface area (Å²) in [6.07, 6.45) is 0.707. The molecule has 196 valence electrons. The number of hydrogen-bond donors (Lipinski definition) is 1. The summed E-state index contributed by atoms with van der Waals surface area (Å²) in [7, 11) is -0.0841. The standard InChI is InChI=1S/C26H36N4O5S/c1-34-24-14-22(15-25(16-24)35-2)18-28-10-12-29(13-11-28)26(31)17-27-23-8-9-30(19-23)36(32,33)20-21-6-4-3-5-7-21/h3-7,14-16,23,27H,8-13,17-20H2,1-2H3/t23-/m0/s1. The minimum absolute atomic E-state index is 0.00626. The van der Waals surface area contributed by atoms with Crippen LogP contribution in [0.15, 0.2) is 48.5 Å². The van der Waals surface area contributed by atoms with Gasteiger partial charge in [-0.15, -0.1) is 0 Å². The van der Waals surface area contributed by atoms with E-state index in [0.29, 0.717) is 32.6 Å². The Labute approximate surface area is 214 Å². The largest absolute Gasteiger partial charge is 0.497 e. The number of piperazine rings is 1. The first-order valence-electron chi connectivity index (χ1n) is 12.3. The van der Waals surface area contributed by atoms with Gasteiger partial charge in [-0.2, -0.15) is 0 Å². The Balaban J connectivity index is 1.19. The first-order valence-corrected chi connectivity index (χ1v) is 13.9. The topological polar surface area (TPSA) is 91.4 Å². The Bertz CT molecular complexity index is 1100. The number of amides is 1. The number of sulfonamides is 1. The van der Waals surface area contributed by atoms with E-state index in [1.165, 1.54) is 4.31 Å². The fourth-order valence-electron chi connectivity index (χ4n) is 4.74. The number of hydrogen-bond acceptors (Lipinski definition) is 7. The van der Waals surface area contributed by atoms with Gasteiger partial charge in [-0.25, -0.2) is 12.7 Å². The number of nitrogens with zero attached hydrogens (tertiary/aromatic N) is 3. The van der Waals surface area contributed by atoms with Crippen LogP contribution in [0.1, 0.15) is 17.5 Å². The Morgan fingerprint density at radius 2 is 1.61 bits per heavy atom. The number of carbonyl (C=O) groups excluding carboxylic acids is 1. The maximum atomic E-state index is 12.8. The van der Waals surface area contributed by atoms with Crippen LogP contribution in [0.5, 0.6) is 11.5 Å². The molecule has 2 aromatic carbocycles. The van der Waals surface area contributed by atoms with E-state index in [4.69, 9.17) is 9.47 Å². The summed E-state index contributed by atoms with van der Waals surface area (Å²) in [6, 6.07) is 15.1. The third kappa shape index (κ3) is 6.97. The van der Waals surface area contributed by atoms with E-state index in [1.54, 1.807) is 14.2 Å². The van der Waals surface area contributed by atoms with Crippen LogP contribution in [-0.4, -0.2) is 94.5 Å². The highest BCUT2D eigenvalue weighted by molar-refractivity contribution is 7.88. The molecule has 0 radical (unpaired) electrons. The minimum Gasteiger partial charge on any atom is -0.497 e. The molecule has 2 fully saturated rings. The summed E-state index contributed by atoms with van der Waals surface area (Å²) in [4.78, 5) is 17.0. The van der Waals surface area contributed by atoms with Crippen molar-refractivity contribution in [3.8, 4) is 11.5 Å². The number of ether oxygens (including phenoxy) is 2. The molecule has 1 N–H and O–H groups in total. The van der Waals surface area contributed by atoms with Crippen LogP contribution in [0.3, 0.4) is 0 Å². The predicted molar refractivity (Wildman–Crippen MR) is 138 cm³/mol. The molecule has 0 saturated carbocycles. The molecule has 0 aromatic heterocycles. The van der Waals surface area contributed by atoms with Crippen LogP contribution in [0, 0.1) is 0 Å². The fourth-order valence-corrected chi connectivity index (χ4v) is 6.33. The molecule has 2 aliphatic rings. The normalized spacial score (nSPS) is 19.4. The molecule has 10 heteroatoms. The molecule has 1 atom stereocenters. The van der Waals surface area contributed by atoms with Gasteiger partial charge in [0.05, 0.1) is 26.5 Å². The molecular formula is C26H36N4O5S. The van der Waals surface area contributed by atoms with Crippen molar-refractivity contribution in [3.05, 3.63) is 59.7 Å². The Hall–Kier alpha value is -2.66. The Kier molecular flexibility index (Phi) is 8.84. The lowest BCUT2D eigenvalue weighted by atomic mass is 10.1. The highest BCUT2D eigenvalue weighted by Crippen LogP contribution is 2.24. The number of rotatable bonds is 10. The summed E-state index contributed by atoms with van der Waals surface area (Å²) in [6.45, 7) is 4.80. The lowest BCUT2D eigenvalue weighted by Gasteiger charge is -2.35. The van der Waals surface area contributed by atoms with E-state index in [-0.39, 0.29) is 24.2 Å². The summed E-state index contributed by atoms with van der Waals surface area (Å²) < 4.78 is 37.8.